The highest BCUT2D eigenvalue weighted by atomic mass is 32.2. The first-order valence-corrected chi connectivity index (χ1v) is 15.0. The molecule has 0 aliphatic rings. The van der Waals surface area contributed by atoms with Crippen molar-refractivity contribution in [2.45, 2.75) is 14.7 Å². The average Bonchev–Trinajstić information content (AvgIpc) is 2.92. The van der Waals surface area contributed by atoms with E-state index in [9.17, 15) is 13.2 Å². The van der Waals surface area contributed by atoms with E-state index in [1.54, 1.807) is 48.2 Å². The van der Waals surface area contributed by atoms with E-state index in [4.69, 9.17) is 5.73 Å². The van der Waals surface area contributed by atoms with E-state index < -0.39 is 10.0 Å². The van der Waals surface area contributed by atoms with E-state index in [-0.39, 0.29) is 10.8 Å². The molecule has 0 unspecified atom stereocenters. The second-order valence-corrected chi connectivity index (χ2v) is 12.0. The highest BCUT2D eigenvalue weighted by molar-refractivity contribution is 8.00. The van der Waals surface area contributed by atoms with E-state index >= 15 is 0 Å². The fourth-order valence-electron chi connectivity index (χ4n) is 3.41. The number of carbonyl (C=O) groups excluding carboxylic acids is 1. The van der Waals surface area contributed by atoms with Crippen LogP contribution in [0, 0.1) is 0 Å². The number of carbonyl (C=O) groups is 1. The van der Waals surface area contributed by atoms with Gasteiger partial charge in [0.1, 0.15) is 0 Å². The predicted molar refractivity (Wildman–Crippen MR) is 154 cm³/mol. The van der Waals surface area contributed by atoms with Crippen LogP contribution < -0.4 is 15.8 Å². The normalized spacial score (nSPS) is 11.1. The van der Waals surface area contributed by atoms with Crippen molar-refractivity contribution in [3.8, 4) is 11.1 Å². The summed E-state index contributed by atoms with van der Waals surface area (Å²) in [6, 6.07) is 31.3. The molecule has 190 valence electrons. The summed E-state index contributed by atoms with van der Waals surface area (Å²) in [6.07, 6.45) is 0. The molecular weight excluding hydrogens is 523 g/mol. The Morgan fingerprint density at radius 3 is 2.00 bits per heavy atom. The number of nitrogen functional groups attached to an aromatic ring is 1. The van der Waals surface area contributed by atoms with Gasteiger partial charge in [-0.3, -0.25) is 9.52 Å². The zero-order chi connectivity index (χ0) is 26.1. The second-order valence-electron chi connectivity index (χ2n) is 8.08. The Balaban J connectivity index is 1.21. The molecule has 0 saturated heterocycles. The van der Waals surface area contributed by atoms with Crippen molar-refractivity contribution in [2.75, 3.05) is 28.5 Å². The van der Waals surface area contributed by atoms with Crippen LogP contribution >= 0.6 is 23.5 Å². The number of anilines is 2. The number of hydrogen-bond acceptors (Lipinski definition) is 6. The standard InChI is InChI=1S/C28H27N3O3S3/c29-23-8-12-26(13-9-23)36-20-28(32)30-18-19-35-25-14-10-24(11-15-25)31-37(33,34)27-16-6-22(7-17-27)21-4-2-1-3-5-21/h1-17,31H,18-20,29H2,(H,30,32). The monoisotopic (exact) mass is 549 g/mol. The fourth-order valence-corrected chi connectivity index (χ4v) is 5.97. The molecule has 9 heteroatoms. The average molecular weight is 550 g/mol. The molecule has 0 spiro atoms. The molecule has 0 saturated carbocycles. The Labute approximate surface area is 226 Å². The van der Waals surface area contributed by atoms with Crippen LogP contribution in [-0.2, 0) is 14.8 Å². The van der Waals surface area contributed by atoms with Crippen molar-refractivity contribution in [1.29, 1.82) is 0 Å². The number of hydrogen-bond donors (Lipinski definition) is 3. The van der Waals surface area contributed by atoms with Crippen LogP contribution in [0.2, 0.25) is 0 Å². The van der Waals surface area contributed by atoms with E-state index in [1.165, 1.54) is 11.8 Å². The van der Waals surface area contributed by atoms with Crippen molar-refractivity contribution >= 4 is 50.8 Å². The van der Waals surface area contributed by atoms with Crippen molar-refractivity contribution in [3.05, 3.63) is 103 Å². The molecule has 0 aliphatic heterocycles. The zero-order valence-electron chi connectivity index (χ0n) is 20.0. The van der Waals surface area contributed by atoms with Gasteiger partial charge in [0.05, 0.1) is 10.6 Å². The van der Waals surface area contributed by atoms with Crippen molar-refractivity contribution in [1.82, 2.24) is 5.32 Å². The van der Waals surface area contributed by atoms with Gasteiger partial charge in [-0.2, -0.15) is 0 Å². The lowest BCUT2D eigenvalue weighted by molar-refractivity contribution is -0.118. The van der Waals surface area contributed by atoms with Crippen LogP contribution in [0.3, 0.4) is 0 Å². The molecule has 0 fully saturated rings. The number of thioether (sulfide) groups is 2. The largest absolute Gasteiger partial charge is 0.399 e. The van der Waals surface area contributed by atoms with Crippen molar-refractivity contribution in [3.63, 3.8) is 0 Å². The molecule has 4 aromatic rings. The lowest BCUT2D eigenvalue weighted by Gasteiger charge is -2.10. The molecule has 0 aromatic heterocycles. The summed E-state index contributed by atoms with van der Waals surface area (Å²) in [6.45, 7) is 0.541. The molecule has 0 atom stereocenters. The number of benzene rings is 4. The maximum Gasteiger partial charge on any atom is 0.261 e. The number of rotatable bonds is 11. The van der Waals surface area contributed by atoms with E-state index in [1.807, 2.05) is 66.7 Å². The van der Waals surface area contributed by atoms with Gasteiger partial charge in [-0.25, -0.2) is 8.42 Å². The Kier molecular flexibility index (Phi) is 9.16. The molecule has 0 bridgehead atoms. The van der Waals surface area contributed by atoms with Crippen LogP contribution in [-0.4, -0.2) is 32.4 Å². The summed E-state index contributed by atoms with van der Waals surface area (Å²) in [5.74, 6) is 1.03. The Morgan fingerprint density at radius 1 is 0.730 bits per heavy atom. The van der Waals surface area contributed by atoms with Gasteiger partial charge in [-0.1, -0.05) is 42.5 Å². The smallest absolute Gasteiger partial charge is 0.261 e. The Bertz CT molecular complexity index is 1410. The summed E-state index contributed by atoms with van der Waals surface area (Å²) in [4.78, 5) is 14.2. The summed E-state index contributed by atoms with van der Waals surface area (Å²) in [5, 5.41) is 2.91. The minimum atomic E-state index is -3.70. The first kappa shape index (κ1) is 26.7. The van der Waals surface area contributed by atoms with Gasteiger partial charge < -0.3 is 11.1 Å². The summed E-state index contributed by atoms with van der Waals surface area (Å²) in [5.41, 5.74) is 8.85. The van der Waals surface area contributed by atoms with Crippen LogP contribution in [0.5, 0.6) is 0 Å². The van der Waals surface area contributed by atoms with Gasteiger partial charge in [-0.15, -0.1) is 23.5 Å². The summed E-state index contributed by atoms with van der Waals surface area (Å²) in [7, 11) is -3.70. The topological polar surface area (TPSA) is 101 Å². The van der Waals surface area contributed by atoms with Gasteiger partial charge in [-0.05, 0) is 71.8 Å². The van der Waals surface area contributed by atoms with Gasteiger partial charge in [0.15, 0.2) is 0 Å². The third kappa shape index (κ3) is 8.04. The fraction of sp³-hybridized carbons (Fsp3) is 0.107. The summed E-state index contributed by atoms with van der Waals surface area (Å²) < 4.78 is 28.2. The SMILES string of the molecule is Nc1ccc(SCC(=O)NCCSc2ccc(NS(=O)(=O)c3ccc(-c4ccccc4)cc3)cc2)cc1. The second kappa shape index (κ2) is 12.7. The zero-order valence-corrected chi connectivity index (χ0v) is 22.4. The number of amides is 1. The molecule has 4 aromatic carbocycles. The molecule has 0 radical (unpaired) electrons. The van der Waals surface area contributed by atoms with Crippen molar-refractivity contribution in [2.24, 2.45) is 0 Å². The van der Waals surface area contributed by atoms with Crippen LogP contribution in [0.1, 0.15) is 0 Å². The molecule has 4 N–H and O–H groups in total. The van der Waals surface area contributed by atoms with E-state index in [0.29, 0.717) is 29.4 Å². The van der Waals surface area contributed by atoms with Crippen LogP contribution in [0.15, 0.2) is 118 Å². The highest BCUT2D eigenvalue weighted by Crippen LogP contribution is 2.24. The molecule has 6 nitrogen and oxygen atoms in total. The number of nitrogens with two attached hydrogens (primary N) is 1. The number of sulfonamides is 1. The molecular formula is C28H27N3O3S3. The first-order valence-electron chi connectivity index (χ1n) is 11.6. The maximum atomic E-state index is 12.8. The minimum Gasteiger partial charge on any atom is -0.399 e. The third-order valence-corrected chi connectivity index (χ3v) is 8.74. The van der Waals surface area contributed by atoms with Crippen molar-refractivity contribution < 1.29 is 13.2 Å². The van der Waals surface area contributed by atoms with E-state index in [0.717, 1.165) is 20.9 Å². The molecule has 1 amide bonds. The Hall–Kier alpha value is -3.40. The lowest BCUT2D eigenvalue weighted by Crippen LogP contribution is -2.27. The maximum absolute atomic E-state index is 12.8. The van der Waals surface area contributed by atoms with E-state index in [2.05, 4.69) is 10.0 Å². The lowest BCUT2D eigenvalue weighted by atomic mass is 10.1. The van der Waals surface area contributed by atoms with Gasteiger partial charge in [0.25, 0.3) is 10.0 Å². The summed E-state index contributed by atoms with van der Waals surface area (Å²) >= 11 is 3.05. The van der Waals surface area contributed by atoms with Gasteiger partial charge in [0, 0.05) is 33.5 Å². The first-order chi connectivity index (χ1) is 17.9. The predicted octanol–water partition coefficient (Wildman–Crippen LogP) is 5.74. The van der Waals surface area contributed by atoms with Gasteiger partial charge in [0.2, 0.25) is 5.91 Å². The molecule has 4 rings (SSSR count). The Morgan fingerprint density at radius 2 is 1.32 bits per heavy atom. The van der Waals surface area contributed by atoms with Crippen LogP contribution in [0.4, 0.5) is 11.4 Å². The third-order valence-electron chi connectivity index (χ3n) is 5.32. The minimum absolute atomic E-state index is 0.0241. The molecule has 0 heterocycles. The van der Waals surface area contributed by atoms with Gasteiger partial charge >= 0.3 is 0 Å². The molecule has 37 heavy (non-hydrogen) atoms. The quantitative estimate of drug-likeness (QED) is 0.125. The highest BCUT2D eigenvalue weighted by Gasteiger charge is 2.14. The van der Waals surface area contributed by atoms with Crippen LogP contribution in [0.25, 0.3) is 11.1 Å². The number of nitrogens with one attached hydrogen (secondary N) is 2. The molecule has 0 aliphatic carbocycles.